The molecule has 0 spiro atoms. The molecular formula is C20H19N3O4. The molecule has 0 unspecified atom stereocenters. The van der Waals surface area contributed by atoms with Crippen LogP contribution in [-0.4, -0.2) is 35.1 Å². The van der Waals surface area contributed by atoms with Gasteiger partial charge in [-0.15, -0.1) is 0 Å². The molecule has 0 saturated carbocycles. The van der Waals surface area contributed by atoms with Crippen molar-refractivity contribution in [1.29, 1.82) is 0 Å². The summed E-state index contributed by atoms with van der Waals surface area (Å²) in [5.74, 6) is -1.15. The standard InChI is InChI=1S/C20H19N3O4/c1-13(24)14-7-6-10-16(11-14)21-17(25)12-23-18(26)20(2,22-19(23)27)15-8-4-3-5-9-15/h3-11H,12H2,1-2H3,(H,21,25)(H,22,27)/t20-/m0/s1. The van der Waals surface area contributed by atoms with E-state index in [0.29, 0.717) is 16.8 Å². The molecule has 2 N–H and O–H groups in total. The lowest BCUT2D eigenvalue weighted by molar-refractivity contribution is -0.133. The molecule has 1 aliphatic rings. The van der Waals surface area contributed by atoms with Gasteiger partial charge in [-0.3, -0.25) is 19.3 Å². The molecule has 27 heavy (non-hydrogen) atoms. The van der Waals surface area contributed by atoms with Gasteiger partial charge in [0.15, 0.2) is 5.78 Å². The predicted octanol–water partition coefficient (Wildman–Crippen LogP) is 2.29. The van der Waals surface area contributed by atoms with Gasteiger partial charge in [-0.2, -0.15) is 0 Å². The Morgan fingerprint density at radius 3 is 2.44 bits per heavy atom. The average molecular weight is 365 g/mol. The van der Waals surface area contributed by atoms with Crippen molar-refractivity contribution in [3.8, 4) is 0 Å². The number of benzene rings is 2. The molecule has 0 bridgehead atoms. The molecule has 0 aliphatic carbocycles. The number of carbonyl (C=O) groups excluding carboxylic acids is 4. The molecule has 138 valence electrons. The van der Waals surface area contributed by atoms with Crippen molar-refractivity contribution in [2.24, 2.45) is 0 Å². The molecule has 1 aliphatic heterocycles. The number of hydrogen-bond donors (Lipinski definition) is 2. The maximum absolute atomic E-state index is 12.8. The van der Waals surface area contributed by atoms with Crippen molar-refractivity contribution in [2.75, 3.05) is 11.9 Å². The van der Waals surface area contributed by atoms with E-state index in [9.17, 15) is 19.2 Å². The fourth-order valence-electron chi connectivity index (χ4n) is 2.97. The minimum Gasteiger partial charge on any atom is -0.325 e. The summed E-state index contributed by atoms with van der Waals surface area (Å²) in [4.78, 5) is 49.7. The van der Waals surface area contributed by atoms with E-state index in [1.807, 2.05) is 6.07 Å². The highest BCUT2D eigenvalue weighted by molar-refractivity contribution is 6.10. The van der Waals surface area contributed by atoms with Crippen molar-refractivity contribution >= 4 is 29.3 Å². The molecule has 2 aromatic rings. The normalized spacial score (nSPS) is 19.0. The van der Waals surface area contributed by atoms with Crippen LogP contribution in [0.2, 0.25) is 0 Å². The van der Waals surface area contributed by atoms with Gasteiger partial charge >= 0.3 is 6.03 Å². The molecule has 3 rings (SSSR count). The number of rotatable bonds is 5. The van der Waals surface area contributed by atoms with Gasteiger partial charge < -0.3 is 10.6 Å². The topological polar surface area (TPSA) is 95.6 Å². The van der Waals surface area contributed by atoms with E-state index in [-0.39, 0.29) is 5.78 Å². The number of carbonyl (C=O) groups is 4. The van der Waals surface area contributed by atoms with Gasteiger partial charge in [-0.25, -0.2) is 4.79 Å². The third-order valence-electron chi connectivity index (χ3n) is 4.48. The van der Waals surface area contributed by atoms with Gasteiger partial charge in [0, 0.05) is 11.3 Å². The van der Waals surface area contributed by atoms with Gasteiger partial charge in [-0.1, -0.05) is 42.5 Å². The fraction of sp³-hybridized carbons (Fsp3) is 0.200. The zero-order valence-corrected chi connectivity index (χ0v) is 15.0. The minimum absolute atomic E-state index is 0.126. The van der Waals surface area contributed by atoms with Crippen LogP contribution in [0.25, 0.3) is 0 Å². The number of hydrogen-bond acceptors (Lipinski definition) is 4. The highest BCUT2D eigenvalue weighted by Crippen LogP contribution is 2.28. The number of Topliss-reactive ketones (excluding diaryl/α,β-unsaturated/α-hetero) is 1. The molecule has 1 heterocycles. The first kappa shape index (κ1) is 18.3. The largest absolute Gasteiger partial charge is 0.325 e. The number of anilines is 1. The molecule has 0 aromatic heterocycles. The second-order valence-corrected chi connectivity index (χ2v) is 6.50. The third-order valence-corrected chi connectivity index (χ3v) is 4.48. The smallest absolute Gasteiger partial charge is 0.325 e. The Bertz CT molecular complexity index is 926. The number of amides is 4. The maximum atomic E-state index is 12.8. The quantitative estimate of drug-likeness (QED) is 0.628. The predicted molar refractivity (Wildman–Crippen MR) is 99.1 cm³/mol. The minimum atomic E-state index is -1.22. The van der Waals surface area contributed by atoms with E-state index in [1.54, 1.807) is 55.5 Å². The monoisotopic (exact) mass is 365 g/mol. The Balaban J connectivity index is 1.73. The first-order valence-corrected chi connectivity index (χ1v) is 8.42. The Labute approximate surface area is 156 Å². The van der Waals surface area contributed by atoms with Crippen LogP contribution in [0, 0.1) is 0 Å². The molecule has 7 nitrogen and oxygen atoms in total. The fourth-order valence-corrected chi connectivity index (χ4v) is 2.97. The summed E-state index contributed by atoms with van der Waals surface area (Å²) in [6, 6.07) is 14.7. The molecule has 7 heteroatoms. The van der Waals surface area contributed by atoms with E-state index in [0.717, 1.165) is 4.90 Å². The molecule has 4 amide bonds. The van der Waals surface area contributed by atoms with Crippen LogP contribution in [-0.2, 0) is 15.1 Å². The van der Waals surface area contributed by atoms with Crippen molar-refractivity contribution in [3.63, 3.8) is 0 Å². The Kier molecular flexibility index (Phi) is 4.77. The number of ketones is 1. The number of imide groups is 1. The zero-order chi connectivity index (χ0) is 19.6. The van der Waals surface area contributed by atoms with E-state index in [4.69, 9.17) is 0 Å². The van der Waals surface area contributed by atoms with E-state index >= 15 is 0 Å². The first-order valence-electron chi connectivity index (χ1n) is 8.42. The molecule has 0 radical (unpaired) electrons. The summed E-state index contributed by atoms with van der Waals surface area (Å²) in [7, 11) is 0. The average Bonchev–Trinajstić information content (AvgIpc) is 2.87. The highest BCUT2D eigenvalue weighted by Gasteiger charge is 2.49. The molecular weight excluding hydrogens is 346 g/mol. The van der Waals surface area contributed by atoms with Crippen molar-refractivity contribution in [3.05, 3.63) is 65.7 Å². The SMILES string of the molecule is CC(=O)c1cccc(NC(=O)CN2C(=O)N[C@@](C)(c3ccccc3)C2=O)c1. The van der Waals surface area contributed by atoms with Crippen LogP contribution in [0.4, 0.5) is 10.5 Å². The summed E-state index contributed by atoms with van der Waals surface area (Å²) in [6.45, 7) is 2.62. The van der Waals surface area contributed by atoms with E-state index in [2.05, 4.69) is 10.6 Å². The number of nitrogens with zero attached hydrogens (tertiary/aromatic N) is 1. The van der Waals surface area contributed by atoms with Crippen LogP contribution < -0.4 is 10.6 Å². The molecule has 1 atom stereocenters. The van der Waals surface area contributed by atoms with Gasteiger partial charge in [0.05, 0.1) is 0 Å². The molecule has 1 saturated heterocycles. The van der Waals surface area contributed by atoms with Crippen LogP contribution >= 0.6 is 0 Å². The Hall–Kier alpha value is -3.48. The maximum Gasteiger partial charge on any atom is 0.325 e. The second kappa shape index (κ2) is 7.03. The highest BCUT2D eigenvalue weighted by atomic mass is 16.2. The van der Waals surface area contributed by atoms with Gasteiger partial charge in [-0.05, 0) is 31.5 Å². The van der Waals surface area contributed by atoms with Crippen LogP contribution in [0.1, 0.15) is 29.8 Å². The molecule has 1 fully saturated rings. The van der Waals surface area contributed by atoms with Crippen molar-refractivity contribution in [2.45, 2.75) is 19.4 Å². The second-order valence-electron chi connectivity index (χ2n) is 6.50. The van der Waals surface area contributed by atoms with Crippen LogP contribution in [0.3, 0.4) is 0 Å². The summed E-state index contributed by atoms with van der Waals surface area (Å²) in [5.41, 5.74) is 0.304. The van der Waals surface area contributed by atoms with Crippen LogP contribution in [0.5, 0.6) is 0 Å². The van der Waals surface area contributed by atoms with Gasteiger partial charge in [0.25, 0.3) is 5.91 Å². The summed E-state index contributed by atoms with van der Waals surface area (Å²) in [6.07, 6.45) is 0. The van der Waals surface area contributed by atoms with E-state index < -0.39 is 29.9 Å². The summed E-state index contributed by atoms with van der Waals surface area (Å²) < 4.78 is 0. The van der Waals surface area contributed by atoms with Crippen molar-refractivity contribution in [1.82, 2.24) is 10.2 Å². The number of urea groups is 1. The van der Waals surface area contributed by atoms with Gasteiger partial charge in [0.2, 0.25) is 5.91 Å². The Morgan fingerprint density at radius 2 is 1.78 bits per heavy atom. The zero-order valence-electron chi connectivity index (χ0n) is 15.0. The number of nitrogens with one attached hydrogen (secondary N) is 2. The van der Waals surface area contributed by atoms with Crippen LogP contribution in [0.15, 0.2) is 54.6 Å². The summed E-state index contributed by atoms with van der Waals surface area (Å²) >= 11 is 0. The lowest BCUT2D eigenvalue weighted by Crippen LogP contribution is -2.42. The van der Waals surface area contributed by atoms with Crippen molar-refractivity contribution < 1.29 is 19.2 Å². The van der Waals surface area contributed by atoms with Gasteiger partial charge in [0.1, 0.15) is 12.1 Å². The lowest BCUT2D eigenvalue weighted by atomic mass is 9.92. The first-order chi connectivity index (χ1) is 12.8. The third kappa shape index (κ3) is 3.57. The van der Waals surface area contributed by atoms with E-state index in [1.165, 1.54) is 6.92 Å². The molecule has 2 aromatic carbocycles. The summed E-state index contributed by atoms with van der Waals surface area (Å²) in [5, 5.41) is 5.26. The lowest BCUT2D eigenvalue weighted by Gasteiger charge is -2.22. The Morgan fingerprint density at radius 1 is 1.07 bits per heavy atom.